The predicted molar refractivity (Wildman–Crippen MR) is 73.3 cm³/mol. The van der Waals surface area contributed by atoms with Crippen LogP contribution in [0.2, 0.25) is 5.02 Å². The van der Waals surface area contributed by atoms with Gasteiger partial charge in [0.25, 0.3) is 5.91 Å². The van der Waals surface area contributed by atoms with Crippen LogP contribution < -0.4 is 5.76 Å². The topological polar surface area (TPSA) is 68.3 Å². The summed E-state index contributed by atoms with van der Waals surface area (Å²) in [7, 11) is 0. The van der Waals surface area contributed by atoms with Crippen LogP contribution in [0.25, 0.3) is 5.69 Å². The van der Waals surface area contributed by atoms with Crippen molar-refractivity contribution < 1.29 is 9.32 Å². The number of fused-ring (bicyclic) bond motifs is 5. The van der Waals surface area contributed by atoms with E-state index in [0.29, 0.717) is 33.7 Å². The van der Waals surface area contributed by atoms with E-state index in [0.717, 1.165) is 0 Å². The van der Waals surface area contributed by atoms with E-state index in [1.54, 1.807) is 34.9 Å². The minimum atomic E-state index is -0.588. The Morgan fingerprint density at radius 3 is 3.10 bits per heavy atom. The van der Waals surface area contributed by atoms with Crippen molar-refractivity contribution in [3.05, 3.63) is 45.2 Å². The molecule has 1 atom stereocenters. The van der Waals surface area contributed by atoms with Gasteiger partial charge in [0.05, 0.1) is 17.1 Å². The lowest BCUT2D eigenvalue weighted by atomic mass is 10.1. The molecule has 6 nitrogen and oxygen atoms in total. The Morgan fingerprint density at radius 2 is 2.25 bits per heavy atom. The third-order valence-electron chi connectivity index (χ3n) is 3.50. The normalized spacial score (nSPS) is 20.4. The lowest BCUT2D eigenvalue weighted by Gasteiger charge is -2.19. The van der Waals surface area contributed by atoms with Crippen LogP contribution in [-0.2, 0) is 0 Å². The van der Waals surface area contributed by atoms with Gasteiger partial charge in [0, 0.05) is 10.8 Å². The quantitative estimate of drug-likeness (QED) is 0.740. The number of carbonyl (C=O) groups is 1. The third-order valence-corrected chi connectivity index (χ3v) is 4.75. The van der Waals surface area contributed by atoms with Gasteiger partial charge in [-0.3, -0.25) is 9.32 Å². The predicted octanol–water partition coefficient (Wildman–Crippen LogP) is 1.68. The van der Waals surface area contributed by atoms with Crippen LogP contribution in [0.3, 0.4) is 0 Å². The Morgan fingerprint density at radius 1 is 1.40 bits per heavy atom. The molecule has 0 spiro atoms. The fourth-order valence-electron chi connectivity index (χ4n) is 2.58. The molecular weight excluding hydrogens is 302 g/mol. The van der Waals surface area contributed by atoms with E-state index in [2.05, 4.69) is 5.16 Å². The molecule has 0 saturated carbocycles. The molecule has 2 aliphatic rings. The fourth-order valence-corrected chi connectivity index (χ4v) is 3.90. The van der Waals surface area contributed by atoms with Crippen molar-refractivity contribution in [1.82, 2.24) is 14.6 Å². The average molecular weight is 310 g/mol. The van der Waals surface area contributed by atoms with Gasteiger partial charge in [-0.15, -0.1) is 11.8 Å². The molecular formula is C12H8ClN3O3S. The van der Waals surface area contributed by atoms with Crippen LogP contribution in [-0.4, -0.2) is 32.2 Å². The van der Waals surface area contributed by atoms with Crippen LogP contribution in [0, 0.1) is 0 Å². The first-order chi connectivity index (χ1) is 9.66. The molecule has 4 rings (SSSR count). The van der Waals surface area contributed by atoms with Crippen molar-refractivity contribution in [1.29, 1.82) is 0 Å². The first-order valence-corrected chi connectivity index (χ1v) is 7.47. The SMILES string of the molecule is O=C1c2cc(Cl)ccc2-n2c(noc2=O)C2CSCN12. The van der Waals surface area contributed by atoms with Crippen LogP contribution in [0.15, 0.2) is 27.5 Å². The largest absolute Gasteiger partial charge is 0.446 e. The van der Waals surface area contributed by atoms with Gasteiger partial charge in [-0.2, -0.15) is 0 Å². The van der Waals surface area contributed by atoms with Crippen molar-refractivity contribution >= 4 is 29.3 Å². The molecule has 102 valence electrons. The molecule has 8 heteroatoms. The van der Waals surface area contributed by atoms with E-state index >= 15 is 0 Å². The maximum Gasteiger partial charge on any atom is 0.446 e. The highest BCUT2D eigenvalue weighted by Gasteiger charge is 2.40. The van der Waals surface area contributed by atoms with E-state index in [-0.39, 0.29) is 11.9 Å². The van der Waals surface area contributed by atoms with Gasteiger partial charge in [-0.1, -0.05) is 16.8 Å². The first kappa shape index (κ1) is 12.0. The smallest absolute Gasteiger partial charge is 0.318 e. The third kappa shape index (κ3) is 1.50. The van der Waals surface area contributed by atoms with Crippen molar-refractivity contribution in [3.63, 3.8) is 0 Å². The second kappa shape index (κ2) is 4.13. The Hall–Kier alpha value is -1.73. The summed E-state index contributed by atoms with van der Waals surface area (Å²) in [6, 6.07) is 4.62. The lowest BCUT2D eigenvalue weighted by Crippen LogP contribution is -2.30. The molecule has 0 radical (unpaired) electrons. The molecule has 1 amide bonds. The number of halogens is 1. The summed E-state index contributed by atoms with van der Waals surface area (Å²) in [6.07, 6.45) is 0. The molecule has 2 aliphatic heterocycles. The Labute approximate surface area is 122 Å². The van der Waals surface area contributed by atoms with Crippen LogP contribution in [0.1, 0.15) is 22.2 Å². The fraction of sp³-hybridized carbons (Fsp3) is 0.250. The van der Waals surface area contributed by atoms with Gasteiger partial charge >= 0.3 is 5.76 Å². The molecule has 0 bridgehead atoms. The Kier molecular flexibility index (Phi) is 2.49. The zero-order chi connectivity index (χ0) is 13.9. The highest BCUT2D eigenvalue weighted by molar-refractivity contribution is 7.99. The second-order valence-corrected chi connectivity index (χ2v) is 6.03. The number of hydrogen-bond donors (Lipinski definition) is 0. The second-order valence-electron chi connectivity index (χ2n) is 4.59. The number of hydrogen-bond acceptors (Lipinski definition) is 5. The highest BCUT2D eigenvalue weighted by atomic mass is 35.5. The number of rotatable bonds is 0. The van der Waals surface area contributed by atoms with Gasteiger partial charge < -0.3 is 4.90 Å². The molecule has 1 aromatic heterocycles. The van der Waals surface area contributed by atoms with Crippen molar-refractivity contribution in [3.8, 4) is 5.69 Å². The lowest BCUT2D eigenvalue weighted by molar-refractivity contribution is 0.0745. The van der Waals surface area contributed by atoms with Crippen molar-refractivity contribution in [2.45, 2.75) is 6.04 Å². The van der Waals surface area contributed by atoms with E-state index < -0.39 is 5.76 Å². The summed E-state index contributed by atoms with van der Waals surface area (Å²) < 4.78 is 6.14. The van der Waals surface area contributed by atoms with Crippen LogP contribution >= 0.6 is 23.4 Å². The number of benzene rings is 1. The van der Waals surface area contributed by atoms with E-state index in [1.807, 2.05) is 0 Å². The van der Waals surface area contributed by atoms with Gasteiger partial charge in [0.2, 0.25) is 0 Å². The minimum Gasteiger partial charge on any atom is -0.318 e. The number of aromatic nitrogens is 2. The standard InChI is InChI=1S/C12H8ClN3O3S/c13-6-1-2-8-7(3-6)11(17)15-5-20-4-9(15)10-14-19-12(18)16(8)10/h1-3,9H,4-5H2. The molecule has 1 unspecified atom stereocenters. The molecule has 2 aromatic rings. The average Bonchev–Trinajstić information content (AvgIpc) is 3.02. The maximum atomic E-state index is 12.6. The summed E-state index contributed by atoms with van der Waals surface area (Å²) in [4.78, 5) is 26.2. The first-order valence-electron chi connectivity index (χ1n) is 5.94. The zero-order valence-electron chi connectivity index (χ0n) is 10.1. The number of carbonyl (C=O) groups excluding carboxylic acids is 1. The minimum absolute atomic E-state index is 0.137. The molecule has 1 aromatic carbocycles. The zero-order valence-corrected chi connectivity index (χ0v) is 11.6. The van der Waals surface area contributed by atoms with E-state index in [1.165, 1.54) is 4.57 Å². The van der Waals surface area contributed by atoms with E-state index in [9.17, 15) is 9.59 Å². The molecule has 1 saturated heterocycles. The van der Waals surface area contributed by atoms with Crippen LogP contribution in [0.4, 0.5) is 0 Å². The van der Waals surface area contributed by atoms with E-state index in [4.69, 9.17) is 16.1 Å². The molecule has 1 fully saturated rings. The molecule has 3 heterocycles. The summed E-state index contributed by atoms with van der Waals surface area (Å²) in [5.74, 6) is 1.00. The number of amides is 1. The molecule has 20 heavy (non-hydrogen) atoms. The van der Waals surface area contributed by atoms with Gasteiger partial charge in [-0.05, 0) is 18.2 Å². The number of nitrogens with zero attached hydrogens (tertiary/aromatic N) is 3. The van der Waals surface area contributed by atoms with Gasteiger partial charge in [0.15, 0.2) is 5.82 Å². The van der Waals surface area contributed by atoms with Crippen molar-refractivity contribution in [2.75, 3.05) is 11.6 Å². The summed E-state index contributed by atoms with van der Waals surface area (Å²) in [5.41, 5.74) is 0.870. The monoisotopic (exact) mass is 309 g/mol. The van der Waals surface area contributed by atoms with Crippen molar-refractivity contribution in [2.24, 2.45) is 0 Å². The Bertz CT molecular complexity index is 784. The Balaban J connectivity index is 2.09. The molecule has 0 aliphatic carbocycles. The number of thioether (sulfide) groups is 1. The summed E-state index contributed by atoms with van der Waals surface area (Å²) in [5, 5.41) is 4.30. The van der Waals surface area contributed by atoms with Gasteiger partial charge in [-0.25, -0.2) is 9.36 Å². The summed E-state index contributed by atoms with van der Waals surface area (Å²) in [6.45, 7) is 0. The molecule has 0 N–H and O–H groups in total. The van der Waals surface area contributed by atoms with Gasteiger partial charge in [0.1, 0.15) is 6.04 Å². The maximum absolute atomic E-state index is 12.6. The highest BCUT2D eigenvalue weighted by Crippen LogP contribution is 2.37. The summed E-state index contributed by atoms with van der Waals surface area (Å²) >= 11 is 7.60. The van der Waals surface area contributed by atoms with Crippen LogP contribution in [0.5, 0.6) is 0 Å².